The van der Waals surface area contributed by atoms with E-state index in [2.05, 4.69) is 17.4 Å². The molecule has 1 unspecified atom stereocenters. The minimum absolute atomic E-state index is 0.00304. The third-order valence-corrected chi connectivity index (χ3v) is 3.87. The van der Waals surface area contributed by atoms with Gasteiger partial charge in [0, 0.05) is 6.04 Å². The summed E-state index contributed by atoms with van der Waals surface area (Å²) in [7, 11) is 0. The van der Waals surface area contributed by atoms with Gasteiger partial charge in [-0.15, -0.1) is 0 Å². The van der Waals surface area contributed by atoms with Gasteiger partial charge in [0.25, 0.3) is 5.91 Å². The summed E-state index contributed by atoms with van der Waals surface area (Å²) in [6, 6.07) is 16.6. The standard InChI is InChI=1S/C19H20ClNO3/c1-14(11-12-15-7-3-2-4-8-15)21-18(22)13-24-19(23)16-9-5-6-10-17(16)20/h2-10,14H,11-13H2,1H3,(H,21,22). The fraction of sp³-hybridized carbons (Fsp3) is 0.263. The molecule has 1 amide bonds. The lowest BCUT2D eigenvalue weighted by molar-refractivity contribution is -0.124. The van der Waals surface area contributed by atoms with Gasteiger partial charge in [-0.2, -0.15) is 0 Å². The van der Waals surface area contributed by atoms with Crippen molar-refractivity contribution < 1.29 is 14.3 Å². The number of nitrogens with one attached hydrogen (secondary N) is 1. The van der Waals surface area contributed by atoms with Gasteiger partial charge in [0.15, 0.2) is 6.61 Å². The van der Waals surface area contributed by atoms with E-state index in [0.717, 1.165) is 12.8 Å². The van der Waals surface area contributed by atoms with Gasteiger partial charge in [-0.3, -0.25) is 4.79 Å². The molecule has 2 aromatic carbocycles. The van der Waals surface area contributed by atoms with Crippen LogP contribution in [-0.2, 0) is 16.0 Å². The second-order valence-electron chi connectivity index (χ2n) is 5.55. The zero-order valence-electron chi connectivity index (χ0n) is 13.5. The molecule has 0 heterocycles. The topological polar surface area (TPSA) is 55.4 Å². The van der Waals surface area contributed by atoms with Crippen LogP contribution in [0.15, 0.2) is 54.6 Å². The lowest BCUT2D eigenvalue weighted by Crippen LogP contribution is -2.36. The molecule has 0 aromatic heterocycles. The van der Waals surface area contributed by atoms with E-state index in [1.54, 1.807) is 24.3 Å². The average molecular weight is 346 g/mol. The minimum atomic E-state index is -0.604. The zero-order valence-corrected chi connectivity index (χ0v) is 14.3. The van der Waals surface area contributed by atoms with Crippen LogP contribution in [0, 0.1) is 0 Å². The first kappa shape index (κ1) is 18.0. The zero-order chi connectivity index (χ0) is 17.4. The Labute approximate surface area is 146 Å². The quantitative estimate of drug-likeness (QED) is 0.779. The van der Waals surface area contributed by atoms with E-state index >= 15 is 0 Å². The number of amides is 1. The molecule has 24 heavy (non-hydrogen) atoms. The number of ether oxygens (including phenoxy) is 1. The first-order valence-electron chi connectivity index (χ1n) is 7.81. The number of hydrogen-bond acceptors (Lipinski definition) is 3. The summed E-state index contributed by atoms with van der Waals surface area (Å²) in [5, 5.41) is 3.13. The summed E-state index contributed by atoms with van der Waals surface area (Å²) in [6.45, 7) is 1.61. The number of hydrogen-bond donors (Lipinski definition) is 1. The highest BCUT2D eigenvalue weighted by Crippen LogP contribution is 2.15. The second-order valence-corrected chi connectivity index (χ2v) is 5.96. The Bertz CT molecular complexity index is 688. The van der Waals surface area contributed by atoms with Gasteiger partial charge >= 0.3 is 5.97 Å². The number of esters is 1. The predicted molar refractivity (Wildman–Crippen MR) is 94.1 cm³/mol. The van der Waals surface area contributed by atoms with E-state index in [1.807, 2.05) is 25.1 Å². The number of carbonyl (C=O) groups is 2. The van der Waals surface area contributed by atoms with Crippen LogP contribution in [0.4, 0.5) is 0 Å². The molecule has 1 atom stereocenters. The maximum Gasteiger partial charge on any atom is 0.340 e. The molecule has 0 saturated heterocycles. The minimum Gasteiger partial charge on any atom is -0.452 e. The van der Waals surface area contributed by atoms with Crippen molar-refractivity contribution in [2.75, 3.05) is 6.61 Å². The van der Waals surface area contributed by atoms with Crippen LogP contribution in [0.1, 0.15) is 29.3 Å². The van der Waals surface area contributed by atoms with E-state index in [4.69, 9.17) is 16.3 Å². The third kappa shape index (κ3) is 5.70. The number of benzene rings is 2. The molecular weight excluding hydrogens is 326 g/mol. The third-order valence-electron chi connectivity index (χ3n) is 3.54. The molecule has 1 N–H and O–H groups in total. The van der Waals surface area contributed by atoms with Crippen molar-refractivity contribution in [2.24, 2.45) is 0 Å². The second kappa shape index (κ2) is 9.08. The summed E-state index contributed by atoms with van der Waals surface area (Å²) in [6.07, 6.45) is 1.69. The van der Waals surface area contributed by atoms with Gasteiger partial charge in [-0.1, -0.05) is 54.1 Å². The van der Waals surface area contributed by atoms with Crippen molar-refractivity contribution in [1.82, 2.24) is 5.32 Å². The maximum atomic E-state index is 11.9. The van der Waals surface area contributed by atoms with Gasteiger partial charge in [0.1, 0.15) is 0 Å². The summed E-state index contributed by atoms with van der Waals surface area (Å²) < 4.78 is 5.00. The van der Waals surface area contributed by atoms with E-state index in [0.29, 0.717) is 5.02 Å². The maximum absolute atomic E-state index is 11.9. The highest BCUT2D eigenvalue weighted by atomic mass is 35.5. The first-order valence-corrected chi connectivity index (χ1v) is 8.19. The Morgan fingerprint density at radius 3 is 2.46 bits per heavy atom. The number of rotatable bonds is 7. The van der Waals surface area contributed by atoms with Crippen LogP contribution in [0.2, 0.25) is 5.02 Å². The summed E-state index contributed by atoms with van der Waals surface area (Å²) in [5.41, 5.74) is 1.48. The van der Waals surface area contributed by atoms with E-state index < -0.39 is 5.97 Å². The van der Waals surface area contributed by atoms with Crippen LogP contribution in [0.3, 0.4) is 0 Å². The monoisotopic (exact) mass is 345 g/mol. The lowest BCUT2D eigenvalue weighted by Gasteiger charge is -2.14. The van der Waals surface area contributed by atoms with Crippen molar-refractivity contribution >= 4 is 23.5 Å². The molecule has 0 saturated carbocycles. The van der Waals surface area contributed by atoms with Crippen LogP contribution in [0.25, 0.3) is 0 Å². The Hall–Kier alpha value is -2.33. The van der Waals surface area contributed by atoms with Gasteiger partial charge in [0.05, 0.1) is 10.6 Å². The molecule has 0 bridgehead atoms. The van der Waals surface area contributed by atoms with Crippen molar-refractivity contribution in [2.45, 2.75) is 25.8 Å². The van der Waals surface area contributed by atoms with Crippen LogP contribution in [0.5, 0.6) is 0 Å². The molecule has 0 radical (unpaired) electrons. The Morgan fingerprint density at radius 2 is 1.75 bits per heavy atom. The van der Waals surface area contributed by atoms with Crippen LogP contribution < -0.4 is 5.32 Å². The number of carbonyl (C=O) groups excluding carboxylic acids is 2. The molecule has 0 aliphatic rings. The summed E-state index contributed by atoms with van der Waals surface area (Å²) in [5.74, 6) is -0.927. The Kier molecular flexibility index (Phi) is 6.82. The van der Waals surface area contributed by atoms with Gasteiger partial charge in [-0.25, -0.2) is 4.79 Å². The fourth-order valence-corrected chi connectivity index (χ4v) is 2.46. The molecule has 0 aliphatic carbocycles. The number of aryl methyl sites for hydroxylation is 1. The molecule has 0 spiro atoms. The Balaban J connectivity index is 1.72. The van der Waals surface area contributed by atoms with E-state index in [1.165, 1.54) is 5.56 Å². The highest BCUT2D eigenvalue weighted by molar-refractivity contribution is 6.33. The molecular formula is C19H20ClNO3. The largest absolute Gasteiger partial charge is 0.452 e. The van der Waals surface area contributed by atoms with Gasteiger partial charge in [0.2, 0.25) is 0 Å². The molecule has 126 valence electrons. The fourth-order valence-electron chi connectivity index (χ4n) is 2.25. The van der Waals surface area contributed by atoms with Crippen molar-refractivity contribution in [3.8, 4) is 0 Å². The lowest BCUT2D eigenvalue weighted by atomic mass is 10.1. The van der Waals surface area contributed by atoms with Crippen LogP contribution >= 0.6 is 11.6 Å². The smallest absolute Gasteiger partial charge is 0.340 e. The number of halogens is 1. The normalized spacial score (nSPS) is 11.6. The van der Waals surface area contributed by atoms with E-state index in [-0.39, 0.29) is 24.1 Å². The molecule has 4 nitrogen and oxygen atoms in total. The molecule has 5 heteroatoms. The average Bonchev–Trinajstić information content (AvgIpc) is 2.59. The molecule has 0 aliphatic heterocycles. The van der Waals surface area contributed by atoms with Gasteiger partial charge in [-0.05, 0) is 37.5 Å². The van der Waals surface area contributed by atoms with Crippen molar-refractivity contribution in [1.29, 1.82) is 0 Å². The molecule has 2 rings (SSSR count). The van der Waals surface area contributed by atoms with Crippen molar-refractivity contribution in [3.05, 3.63) is 70.7 Å². The first-order chi connectivity index (χ1) is 11.6. The summed E-state index contributed by atoms with van der Waals surface area (Å²) >= 11 is 5.92. The van der Waals surface area contributed by atoms with Crippen molar-refractivity contribution in [3.63, 3.8) is 0 Å². The predicted octanol–water partition coefficient (Wildman–Crippen LogP) is 3.63. The SMILES string of the molecule is CC(CCc1ccccc1)NC(=O)COC(=O)c1ccccc1Cl. The molecule has 0 fully saturated rings. The highest BCUT2D eigenvalue weighted by Gasteiger charge is 2.14. The summed E-state index contributed by atoms with van der Waals surface area (Å²) in [4.78, 5) is 23.7. The van der Waals surface area contributed by atoms with Crippen LogP contribution in [-0.4, -0.2) is 24.5 Å². The van der Waals surface area contributed by atoms with E-state index in [9.17, 15) is 9.59 Å². The Morgan fingerprint density at radius 1 is 1.08 bits per heavy atom. The van der Waals surface area contributed by atoms with Gasteiger partial charge < -0.3 is 10.1 Å². The molecule has 2 aromatic rings.